The molecule has 7 heteroatoms. The molecule has 0 heterocycles. The van der Waals surface area contributed by atoms with Crippen LogP contribution in [0.25, 0.3) is 0 Å². The minimum absolute atomic E-state index is 0.0586. The largest absolute Gasteiger partial charge is 0.366 e. The average Bonchev–Trinajstić information content (AvgIpc) is 2.80. The molecule has 0 saturated heterocycles. The van der Waals surface area contributed by atoms with E-state index in [1.807, 2.05) is 0 Å². The van der Waals surface area contributed by atoms with Crippen molar-refractivity contribution in [1.29, 1.82) is 0 Å². The van der Waals surface area contributed by atoms with E-state index in [1.165, 1.54) is 49.9 Å². The van der Waals surface area contributed by atoms with Crippen molar-refractivity contribution in [3.63, 3.8) is 0 Å². The number of hydrogen-bond donors (Lipinski definition) is 3. The lowest BCUT2D eigenvalue weighted by atomic mass is 10.1. The van der Waals surface area contributed by atoms with Gasteiger partial charge in [0.2, 0.25) is 15.9 Å². The molecule has 4 N–H and O–H groups in total. The fourth-order valence-electron chi connectivity index (χ4n) is 2.85. The number of nitrogens with two attached hydrogens (primary N) is 1. The fraction of sp³-hybridized carbons (Fsp3) is 0.562. The smallest absolute Gasteiger partial charge is 0.248 e. The number of benzene rings is 1. The predicted molar refractivity (Wildman–Crippen MR) is 89.6 cm³/mol. The minimum atomic E-state index is -3.62. The normalized spacial score (nSPS) is 16.9. The van der Waals surface area contributed by atoms with E-state index in [4.69, 9.17) is 5.73 Å². The Morgan fingerprint density at radius 3 is 2.48 bits per heavy atom. The van der Waals surface area contributed by atoms with Crippen molar-refractivity contribution in [3.8, 4) is 0 Å². The van der Waals surface area contributed by atoms with Gasteiger partial charge in [0, 0.05) is 24.7 Å². The highest BCUT2D eigenvalue weighted by molar-refractivity contribution is 7.89. The Bertz CT molecular complexity index is 623. The first-order chi connectivity index (χ1) is 11.0. The van der Waals surface area contributed by atoms with Crippen molar-refractivity contribution < 1.29 is 13.2 Å². The summed E-state index contributed by atoms with van der Waals surface area (Å²) in [6.45, 7) is 0.916. The third kappa shape index (κ3) is 5.60. The Hall–Kier alpha value is -1.44. The molecule has 0 bridgehead atoms. The number of primary amides is 1. The van der Waals surface area contributed by atoms with Crippen LogP contribution in [0.5, 0.6) is 0 Å². The van der Waals surface area contributed by atoms with Crippen LogP contribution in [0.2, 0.25) is 0 Å². The van der Waals surface area contributed by atoms with E-state index >= 15 is 0 Å². The molecule has 2 rings (SSSR count). The minimum Gasteiger partial charge on any atom is -0.366 e. The van der Waals surface area contributed by atoms with Gasteiger partial charge in [0.05, 0.1) is 4.90 Å². The molecule has 128 valence electrons. The number of carbonyl (C=O) groups is 1. The summed E-state index contributed by atoms with van der Waals surface area (Å²) in [5, 5.41) is 3.41. The highest BCUT2D eigenvalue weighted by Gasteiger charge is 2.16. The quantitative estimate of drug-likeness (QED) is 0.516. The molecule has 1 aromatic carbocycles. The Morgan fingerprint density at radius 2 is 1.83 bits per heavy atom. The van der Waals surface area contributed by atoms with Crippen molar-refractivity contribution in [1.82, 2.24) is 10.0 Å². The number of rotatable bonds is 7. The number of carbonyl (C=O) groups excluding carboxylic acids is 1. The van der Waals surface area contributed by atoms with Gasteiger partial charge in [0.25, 0.3) is 0 Å². The molecule has 0 unspecified atom stereocenters. The van der Waals surface area contributed by atoms with Crippen LogP contribution in [-0.4, -0.2) is 33.5 Å². The molecule has 0 radical (unpaired) electrons. The Kier molecular flexibility index (Phi) is 6.56. The maximum atomic E-state index is 12.2. The highest BCUT2D eigenvalue weighted by Crippen LogP contribution is 2.17. The van der Waals surface area contributed by atoms with Crippen LogP contribution in [0, 0.1) is 0 Å². The third-order valence-corrected chi connectivity index (χ3v) is 5.59. The Labute approximate surface area is 137 Å². The van der Waals surface area contributed by atoms with Gasteiger partial charge in [0.15, 0.2) is 0 Å². The van der Waals surface area contributed by atoms with Gasteiger partial charge in [-0.05, 0) is 31.0 Å². The molecule has 1 saturated carbocycles. The predicted octanol–water partition coefficient (Wildman–Crippen LogP) is 1.38. The molecule has 1 amide bonds. The fourth-order valence-corrected chi connectivity index (χ4v) is 3.92. The molecule has 1 aliphatic carbocycles. The first kappa shape index (κ1) is 17.9. The monoisotopic (exact) mass is 339 g/mol. The summed E-state index contributed by atoms with van der Waals surface area (Å²) in [4.78, 5) is 11.2. The van der Waals surface area contributed by atoms with E-state index in [0.717, 1.165) is 12.8 Å². The molecular formula is C16H25N3O3S. The van der Waals surface area contributed by atoms with Gasteiger partial charge >= 0.3 is 0 Å². The molecule has 1 fully saturated rings. The average molecular weight is 339 g/mol. The summed E-state index contributed by atoms with van der Waals surface area (Å²) in [6, 6.07) is 6.24. The summed E-state index contributed by atoms with van der Waals surface area (Å²) in [6.07, 6.45) is 7.38. The number of sulfonamides is 1. The van der Waals surface area contributed by atoms with Crippen molar-refractivity contribution in [2.45, 2.75) is 49.5 Å². The number of nitrogens with one attached hydrogen (secondary N) is 2. The zero-order valence-corrected chi connectivity index (χ0v) is 14.1. The van der Waals surface area contributed by atoms with Crippen LogP contribution in [0.15, 0.2) is 29.2 Å². The lowest BCUT2D eigenvalue weighted by Crippen LogP contribution is -2.36. The molecule has 0 aliphatic heterocycles. The van der Waals surface area contributed by atoms with Crippen LogP contribution in [-0.2, 0) is 10.0 Å². The molecule has 0 aromatic heterocycles. The summed E-state index contributed by atoms with van der Waals surface area (Å²) in [5.74, 6) is -0.642. The van der Waals surface area contributed by atoms with Crippen molar-refractivity contribution in [2.24, 2.45) is 5.73 Å². The summed E-state index contributed by atoms with van der Waals surface area (Å²) >= 11 is 0. The summed E-state index contributed by atoms with van der Waals surface area (Å²) in [7, 11) is -3.62. The second kappa shape index (κ2) is 8.42. The van der Waals surface area contributed by atoms with Crippen LogP contribution in [0.3, 0.4) is 0 Å². The van der Waals surface area contributed by atoms with Gasteiger partial charge in [-0.1, -0.05) is 31.7 Å². The summed E-state index contributed by atoms with van der Waals surface area (Å²) < 4.78 is 27.0. The van der Waals surface area contributed by atoms with E-state index in [2.05, 4.69) is 10.0 Å². The topological polar surface area (TPSA) is 101 Å². The van der Waals surface area contributed by atoms with Gasteiger partial charge in [0.1, 0.15) is 0 Å². The number of amides is 1. The second-order valence-electron chi connectivity index (χ2n) is 5.93. The highest BCUT2D eigenvalue weighted by atomic mass is 32.2. The van der Waals surface area contributed by atoms with Gasteiger partial charge in [-0.15, -0.1) is 0 Å². The van der Waals surface area contributed by atoms with E-state index in [0.29, 0.717) is 19.1 Å². The summed E-state index contributed by atoms with van der Waals surface area (Å²) in [5.41, 5.74) is 5.36. The van der Waals surface area contributed by atoms with Crippen molar-refractivity contribution >= 4 is 15.9 Å². The first-order valence-electron chi connectivity index (χ1n) is 8.12. The first-order valence-corrected chi connectivity index (χ1v) is 9.60. The molecule has 0 atom stereocenters. The lowest BCUT2D eigenvalue weighted by molar-refractivity contribution is 0.1000. The van der Waals surface area contributed by atoms with Crippen LogP contribution >= 0.6 is 0 Å². The maximum Gasteiger partial charge on any atom is 0.248 e. The van der Waals surface area contributed by atoms with E-state index in [9.17, 15) is 13.2 Å². The third-order valence-electron chi connectivity index (χ3n) is 4.13. The molecule has 6 nitrogen and oxygen atoms in total. The van der Waals surface area contributed by atoms with Crippen LogP contribution in [0.1, 0.15) is 48.9 Å². The molecular weight excluding hydrogens is 314 g/mol. The molecule has 1 aromatic rings. The Balaban J connectivity index is 1.84. The van der Waals surface area contributed by atoms with E-state index in [1.54, 1.807) is 0 Å². The van der Waals surface area contributed by atoms with Crippen molar-refractivity contribution in [2.75, 3.05) is 13.1 Å². The standard InChI is InChI=1S/C16H25N3O3S/c17-16(20)13-6-5-9-15(12-13)23(21,22)19-11-10-18-14-7-3-1-2-4-8-14/h5-6,9,12,14,18-19H,1-4,7-8,10-11H2,(H2,17,20). The van der Waals surface area contributed by atoms with Crippen LogP contribution < -0.4 is 15.8 Å². The molecule has 23 heavy (non-hydrogen) atoms. The molecule has 0 spiro atoms. The van der Waals surface area contributed by atoms with Crippen molar-refractivity contribution in [3.05, 3.63) is 29.8 Å². The van der Waals surface area contributed by atoms with E-state index in [-0.39, 0.29) is 10.5 Å². The zero-order chi connectivity index (χ0) is 16.7. The maximum absolute atomic E-state index is 12.2. The number of hydrogen-bond acceptors (Lipinski definition) is 4. The second-order valence-corrected chi connectivity index (χ2v) is 7.70. The SMILES string of the molecule is NC(=O)c1cccc(S(=O)(=O)NCCNC2CCCCCC2)c1. The zero-order valence-electron chi connectivity index (χ0n) is 13.3. The van der Waals surface area contributed by atoms with Crippen LogP contribution in [0.4, 0.5) is 0 Å². The Morgan fingerprint density at radius 1 is 1.13 bits per heavy atom. The van der Waals surface area contributed by atoms with Gasteiger partial charge in [-0.3, -0.25) is 4.79 Å². The molecule has 1 aliphatic rings. The van der Waals surface area contributed by atoms with Gasteiger partial charge < -0.3 is 11.1 Å². The van der Waals surface area contributed by atoms with Gasteiger partial charge in [-0.25, -0.2) is 13.1 Å². The lowest BCUT2D eigenvalue weighted by Gasteiger charge is -2.16. The van der Waals surface area contributed by atoms with E-state index < -0.39 is 15.9 Å². The van der Waals surface area contributed by atoms with Gasteiger partial charge in [-0.2, -0.15) is 0 Å².